The molecule has 0 radical (unpaired) electrons. The molecule has 3 rings (SSSR count). The number of nitrogens with one attached hydrogen (secondary N) is 2. The lowest BCUT2D eigenvalue weighted by atomic mass is 10.0. The number of fused-ring (bicyclic) bond motifs is 1. The second-order valence-electron chi connectivity index (χ2n) is 6.27. The smallest absolute Gasteiger partial charge is 0.337 e. The minimum atomic E-state index is -0.381. The molecule has 2 unspecified atom stereocenters. The van der Waals surface area contributed by atoms with E-state index in [1.165, 1.54) is 5.56 Å². The highest BCUT2D eigenvalue weighted by molar-refractivity contribution is 5.95. The number of carbonyl (C=O) groups excluding carboxylic acids is 2. The number of esters is 1. The maximum absolute atomic E-state index is 12.3. The first-order valence-electron chi connectivity index (χ1n) is 8.32. The molecular weight excluding hydrogens is 306 g/mol. The molecule has 2 aliphatic heterocycles. The van der Waals surface area contributed by atoms with Gasteiger partial charge in [0.2, 0.25) is 0 Å². The Hall–Kier alpha value is -2.50. The summed E-state index contributed by atoms with van der Waals surface area (Å²) >= 11 is 0. The lowest BCUT2D eigenvalue weighted by Gasteiger charge is -2.30. The van der Waals surface area contributed by atoms with Crippen molar-refractivity contribution in [3.05, 3.63) is 41.1 Å². The zero-order chi connectivity index (χ0) is 17.3. The molecule has 0 spiro atoms. The first-order valence-corrected chi connectivity index (χ1v) is 8.32. The largest absolute Gasteiger partial charge is 0.463 e. The Morgan fingerprint density at radius 3 is 2.83 bits per heavy atom. The maximum atomic E-state index is 12.3. The fourth-order valence-corrected chi connectivity index (χ4v) is 3.46. The lowest BCUT2D eigenvalue weighted by Crippen LogP contribution is -2.51. The average Bonchev–Trinajstić information content (AvgIpc) is 2.84. The number of hydrogen-bond donors (Lipinski definition) is 2. The number of carbonyl (C=O) groups is 2. The molecule has 0 aliphatic carbocycles. The number of rotatable bonds is 4. The summed E-state index contributed by atoms with van der Waals surface area (Å²) in [6, 6.07) is 7.60. The third kappa shape index (κ3) is 2.96. The van der Waals surface area contributed by atoms with Gasteiger partial charge in [-0.3, -0.25) is 0 Å². The Morgan fingerprint density at radius 2 is 2.08 bits per heavy atom. The van der Waals surface area contributed by atoms with Crippen LogP contribution < -0.4 is 15.5 Å². The highest BCUT2D eigenvalue weighted by atomic mass is 16.5. The monoisotopic (exact) mass is 329 g/mol. The van der Waals surface area contributed by atoms with Gasteiger partial charge >= 0.3 is 12.0 Å². The number of amides is 2. The van der Waals surface area contributed by atoms with Gasteiger partial charge in [0.05, 0.1) is 30.5 Å². The number of hydrogen-bond acceptors (Lipinski definition) is 4. The molecule has 2 atom stereocenters. The van der Waals surface area contributed by atoms with Crippen molar-refractivity contribution in [1.82, 2.24) is 10.6 Å². The van der Waals surface area contributed by atoms with Crippen LogP contribution in [0.15, 0.2) is 35.5 Å². The molecule has 2 N–H and O–H groups in total. The Bertz CT molecular complexity index is 699. The first kappa shape index (κ1) is 16.4. The van der Waals surface area contributed by atoms with Crippen LogP contribution in [0.2, 0.25) is 0 Å². The summed E-state index contributed by atoms with van der Waals surface area (Å²) in [5, 5.41) is 5.52. The highest BCUT2D eigenvalue weighted by Gasteiger charge is 2.32. The minimum Gasteiger partial charge on any atom is -0.463 e. The fraction of sp³-hybridized carbons (Fsp3) is 0.444. The molecule has 128 valence electrons. The van der Waals surface area contributed by atoms with Gasteiger partial charge in [-0.2, -0.15) is 0 Å². The molecule has 1 aromatic rings. The van der Waals surface area contributed by atoms with Gasteiger partial charge in [-0.15, -0.1) is 0 Å². The summed E-state index contributed by atoms with van der Waals surface area (Å²) in [6.07, 6.45) is 0. The van der Waals surface area contributed by atoms with Crippen LogP contribution in [0.1, 0.15) is 32.3 Å². The SMILES string of the molecule is CCOC(=O)C1=C(CN2CC(C)c3ccccc32)NC(=O)NC1C. The van der Waals surface area contributed by atoms with E-state index in [1.54, 1.807) is 13.8 Å². The quantitative estimate of drug-likeness (QED) is 0.830. The van der Waals surface area contributed by atoms with Crippen molar-refractivity contribution >= 4 is 17.7 Å². The summed E-state index contributed by atoms with van der Waals surface area (Å²) in [4.78, 5) is 26.4. The van der Waals surface area contributed by atoms with Crippen LogP contribution in [0.3, 0.4) is 0 Å². The van der Waals surface area contributed by atoms with Crippen molar-refractivity contribution in [3.63, 3.8) is 0 Å². The average molecular weight is 329 g/mol. The summed E-state index contributed by atoms with van der Waals surface area (Å²) in [7, 11) is 0. The normalized spacial score (nSPS) is 22.8. The Kier molecular flexibility index (Phi) is 4.46. The lowest BCUT2D eigenvalue weighted by molar-refractivity contribution is -0.138. The molecule has 24 heavy (non-hydrogen) atoms. The minimum absolute atomic E-state index is 0.286. The van der Waals surface area contributed by atoms with Crippen molar-refractivity contribution < 1.29 is 14.3 Å². The van der Waals surface area contributed by atoms with Gasteiger partial charge in [0.15, 0.2) is 0 Å². The molecular formula is C18H23N3O3. The van der Waals surface area contributed by atoms with Crippen molar-refractivity contribution in [2.24, 2.45) is 0 Å². The predicted octanol–water partition coefficient (Wildman–Crippen LogP) is 2.13. The van der Waals surface area contributed by atoms with Gasteiger partial charge in [-0.25, -0.2) is 9.59 Å². The molecule has 0 fully saturated rings. The van der Waals surface area contributed by atoms with E-state index in [4.69, 9.17) is 4.74 Å². The van der Waals surface area contributed by atoms with Gasteiger partial charge in [0.25, 0.3) is 0 Å². The molecule has 0 aromatic heterocycles. The Morgan fingerprint density at radius 1 is 1.33 bits per heavy atom. The van der Waals surface area contributed by atoms with Gasteiger partial charge in [-0.1, -0.05) is 25.1 Å². The summed E-state index contributed by atoms with van der Waals surface area (Å²) in [6.45, 7) is 7.40. The van der Waals surface area contributed by atoms with Crippen LogP contribution >= 0.6 is 0 Å². The molecule has 6 heteroatoms. The number of nitrogens with zero attached hydrogens (tertiary/aromatic N) is 1. The number of urea groups is 1. The molecule has 1 aromatic carbocycles. The van der Waals surface area contributed by atoms with E-state index < -0.39 is 0 Å². The number of ether oxygens (including phenoxy) is 1. The molecule has 2 aliphatic rings. The van der Waals surface area contributed by atoms with Crippen molar-refractivity contribution in [1.29, 1.82) is 0 Å². The van der Waals surface area contributed by atoms with Crippen LogP contribution in [-0.4, -0.2) is 37.7 Å². The third-order valence-electron chi connectivity index (χ3n) is 4.52. The zero-order valence-corrected chi connectivity index (χ0v) is 14.3. The van der Waals surface area contributed by atoms with Crippen LogP contribution in [-0.2, 0) is 9.53 Å². The van der Waals surface area contributed by atoms with Crippen molar-refractivity contribution in [3.8, 4) is 0 Å². The summed E-state index contributed by atoms with van der Waals surface area (Å²) in [5.74, 6) is 0.0377. The zero-order valence-electron chi connectivity index (χ0n) is 14.3. The van der Waals surface area contributed by atoms with Crippen LogP contribution in [0.25, 0.3) is 0 Å². The van der Waals surface area contributed by atoms with Gasteiger partial charge in [-0.05, 0) is 25.5 Å². The summed E-state index contributed by atoms with van der Waals surface area (Å²) < 4.78 is 5.17. The standard InChI is InChI=1S/C18H23N3O3/c1-4-24-17(22)16-12(3)19-18(23)20-14(16)10-21-9-11(2)13-7-5-6-8-15(13)21/h5-8,11-12H,4,9-10H2,1-3H3,(H2,19,20,23). The van der Waals surface area contributed by atoms with E-state index in [2.05, 4.69) is 34.6 Å². The third-order valence-corrected chi connectivity index (χ3v) is 4.52. The van der Waals surface area contributed by atoms with E-state index in [0.717, 1.165) is 12.2 Å². The van der Waals surface area contributed by atoms with Crippen LogP contribution in [0.5, 0.6) is 0 Å². The molecule has 2 amide bonds. The molecule has 6 nitrogen and oxygen atoms in total. The van der Waals surface area contributed by atoms with E-state index in [1.807, 2.05) is 12.1 Å². The topological polar surface area (TPSA) is 70.7 Å². The van der Waals surface area contributed by atoms with Crippen molar-refractivity contribution in [2.75, 3.05) is 24.6 Å². The summed E-state index contributed by atoms with van der Waals surface area (Å²) in [5.41, 5.74) is 3.56. The van der Waals surface area contributed by atoms with E-state index in [-0.39, 0.29) is 18.0 Å². The van der Waals surface area contributed by atoms with Crippen molar-refractivity contribution in [2.45, 2.75) is 32.7 Å². The molecule has 0 saturated carbocycles. The maximum Gasteiger partial charge on any atom is 0.337 e. The van der Waals surface area contributed by atoms with E-state index >= 15 is 0 Å². The van der Waals surface area contributed by atoms with Crippen LogP contribution in [0.4, 0.5) is 10.5 Å². The second-order valence-corrected chi connectivity index (χ2v) is 6.27. The predicted molar refractivity (Wildman–Crippen MR) is 91.9 cm³/mol. The van der Waals surface area contributed by atoms with E-state index in [9.17, 15) is 9.59 Å². The number of anilines is 1. The van der Waals surface area contributed by atoms with Crippen LogP contribution in [0, 0.1) is 0 Å². The highest BCUT2D eigenvalue weighted by Crippen LogP contribution is 2.36. The van der Waals surface area contributed by atoms with E-state index in [0.29, 0.717) is 30.3 Å². The molecule has 0 saturated heterocycles. The van der Waals surface area contributed by atoms with Gasteiger partial charge in [0.1, 0.15) is 0 Å². The van der Waals surface area contributed by atoms with Gasteiger partial charge < -0.3 is 20.3 Å². The second kappa shape index (κ2) is 6.55. The van der Waals surface area contributed by atoms with Gasteiger partial charge in [0, 0.05) is 18.2 Å². The molecule has 2 heterocycles. The Labute approximate surface area is 141 Å². The number of para-hydroxylation sites is 1. The fourth-order valence-electron chi connectivity index (χ4n) is 3.46. The first-order chi connectivity index (χ1) is 11.5. The number of benzene rings is 1. The molecule has 0 bridgehead atoms. The Balaban J connectivity index is 1.92.